The first-order valence-corrected chi connectivity index (χ1v) is 8.86. The van der Waals surface area contributed by atoms with E-state index >= 15 is 0 Å². The highest BCUT2D eigenvalue weighted by Crippen LogP contribution is 2.24. The summed E-state index contributed by atoms with van der Waals surface area (Å²) in [5.74, 6) is 0.800. The van der Waals surface area contributed by atoms with Crippen molar-refractivity contribution in [1.82, 2.24) is 15.2 Å². The van der Waals surface area contributed by atoms with E-state index in [4.69, 9.17) is 9.15 Å². The fourth-order valence-electron chi connectivity index (χ4n) is 3.70. The molecule has 4 heterocycles. The maximum Gasteiger partial charge on any atom is 0.287 e. The molecule has 6 nitrogen and oxygen atoms in total. The van der Waals surface area contributed by atoms with Crippen LogP contribution in [0.25, 0.3) is 0 Å². The van der Waals surface area contributed by atoms with Gasteiger partial charge >= 0.3 is 0 Å². The SMILES string of the molecule is O=C(NCc1cncc2c1CCN(CC1CCOC1)C2)c1ccco1. The van der Waals surface area contributed by atoms with E-state index < -0.39 is 0 Å². The third kappa shape index (κ3) is 3.75. The van der Waals surface area contributed by atoms with E-state index in [0.29, 0.717) is 18.2 Å². The van der Waals surface area contributed by atoms with Gasteiger partial charge in [0, 0.05) is 45.2 Å². The first-order chi connectivity index (χ1) is 12.3. The maximum absolute atomic E-state index is 12.0. The van der Waals surface area contributed by atoms with Crippen molar-refractivity contribution in [2.45, 2.75) is 25.9 Å². The lowest BCUT2D eigenvalue weighted by Crippen LogP contribution is -2.35. The zero-order valence-electron chi connectivity index (χ0n) is 14.2. The van der Waals surface area contributed by atoms with Crippen molar-refractivity contribution >= 4 is 5.91 Å². The monoisotopic (exact) mass is 341 g/mol. The summed E-state index contributed by atoms with van der Waals surface area (Å²) in [4.78, 5) is 18.9. The van der Waals surface area contributed by atoms with Crippen LogP contribution in [0.3, 0.4) is 0 Å². The van der Waals surface area contributed by atoms with Crippen LogP contribution in [-0.2, 0) is 24.2 Å². The normalized spacial score (nSPS) is 20.4. The molecule has 25 heavy (non-hydrogen) atoms. The number of nitrogens with one attached hydrogen (secondary N) is 1. The first-order valence-electron chi connectivity index (χ1n) is 8.86. The molecular weight excluding hydrogens is 318 g/mol. The number of hydrogen-bond acceptors (Lipinski definition) is 5. The third-order valence-corrected chi connectivity index (χ3v) is 5.03. The molecule has 4 rings (SSSR count). The highest BCUT2D eigenvalue weighted by atomic mass is 16.5. The molecule has 0 bridgehead atoms. The summed E-state index contributed by atoms with van der Waals surface area (Å²) >= 11 is 0. The van der Waals surface area contributed by atoms with Crippen LogP contribution in [0.5, 0.6) is 0 Å². The van der Waals surface area contributed by atoms with Crippen LogP contribution in [-0.4, -0.2) is 42.1 Å². The molecule has 0 aromatic carbocycles. The van der Waals surface area contributed by atoms with Crippen LogP contribution in [0.1, 0.15) is 33.7 Å². The predicted octanol–water partition coefficient (Wildman–Crippen LogP) is 2.00. The van der Waals surface area contributed by atoms with Crippen molar-refractivity contribution in [2.75, 3.05) is 26.3 Å². The summed E-state index contributed by atoms with van der Waals surface area (Å²) in [7, 11) is 0. The van der Waals surface area contributed by atoms with Crippen LogP contribution >= 0.6 is 0 Å². The van der Waals surface area contributed by atoms with Crippen molar-refractivity contribution in [1.29, 1.82) is 0 Å². The van der Waals surface area contributed by atoms with Crippen molar-refractivity contribution in [3.8, 4) is 0 Å². The van der Waals surface area contributed by atoms with Gasteiger partial charge in [0.2, 0.25) is 0 Å². The Morgan fingerprint density at radius 2 is 2.36 bits per heavy atom. The molecule has 2 aromatic heterocycles. The number of amides is 1. The fourth-order valence-corrected chi connectivity index (χ4v) is 3.70. The number of hydrogen-bond donors (Lipinski definition) is 1. The van der Waals surface area contributed by atoms with Gasteiger partial charge in [0.05, 0.1) is 12.9 Å². The lowest BCUT2D eigenvalue weighted by Gasteiger charge is -2.31. The number of furan rings is 1. The van der Waals surface area contributed by atoms with Gasteiger partial charge in [-0.2, -0.15) is 0 Å². The van der Waals surface area contributed by atoms with Gasteiger partial charge in [-0.3, -0.25) is 14.7 Å². The molecule has 1 saturated heterocycles. The lowest BCUT2D eigenvalue weighted by molar-refractivity contribution is 0.0923. The third-order valence-electron chi connectivity index (χ3n) is 5.03. The average Bonchev–Trinajstić information content (AvgIpc) is 3.33. The second-order valence-corrected chi connectivity index (χ2v) is 6.81. The minimum Gasteiger partial charge on any atom is -0.459 e. The van der Waals surface area contributed by atoms with Gasteiger partial charge in [0.15, 0.2) is 5.76 Å². The second-order valence-electron chi connectivity index (χ2n) is 6.81. The van der Waals surface area contributed by atoms with Crippen molar-refractivity contribution in [2.24, 2.45) is 5.92 Å². The average molecular weight is 341 g/mol. The maximum atomic E-state index is 12.0. The summed E-state index contributed by atoms with van der Waals surface area (Å²) in [6.45, 7) is 5.34. The van der Waals surface area contributed by atoms with Crippen LogP contribution in [0.2, 0.25) is 0 Å². The van der Waals surface area contributed by atoms with E-state index in [1.165, 1.54) is 23.8 Å². The van der Waals surface area contributed by atoms with E-state index in [0.717, 1.165) is 44.8 Å². The number of rotatable bonds is 5. The molecule has 1 unspecified atom stereocenters. The zero-order valence-corrected chi connectivity index (χ0v) is 14.2. The lowest BCUT2D eigenvalue weighted by atomic mass is 9.96. The van der Waals surface area contributed by atoms with Crippen LogP contribution < -0.4 is 5.32 Å². The topological polar surface area (TPSA) is 67.6 Å². The number of aromatic nitrogens is 1. The number of nitrogens with zero attached hydrogens (tertiary/aromatic N) is 2. The largest absolute Gasteiger partial charge is 0.459 e. The summed E-state index contributed by atoms with van der Waals surface area (Å²) in [5.41, 5.74) is 3.70. The molecule has 132 valence electrons. The van der Waals surface area contributed by atoms with Gasteiger partial charge in [0.25, 0.3) is 5.91 Å². The Labute approximate surface area is 147 Å². The van der Waals surface area contributed by atoms with Gasteiger partial charge in [-0.25, -0.2) is 0 Å². The van der Waals surface area contributed by atoms with E-state index in [9.17, 15) is 4.79 Å². The quantitative estimate of drug-likeness (QED) is 0.901. The molecule has 2 aliphatic heterocycles. The Morgan fingerprint density at radius 3 is 3.16 bits per heavy atom. The highest BCUT2D eigenvalue weighted by Gasteiger charge is 2.24. The predicted molar refractivity (Wildman–Crippen MR) is 92.0 cm³/mol. The minimum absolute atomic E-state index is 0.193. The Hall–Kier alpha value is -2.18. The van der Waals surface area contributed by atoms with Gasteiger partial charge in [-0.15, -0.1) is 0 Å². The molecule has 2 aromatic rings. The first kappa shape index (κ1) is 16.3. The number of pyridine rings is 1. The van der Waals surface area contributed by atoms with Gasteiger partial charge < -0.3 is 14.5 Å². The van der Waals surface area contributed by atoms with Gasteiger partial charge in [-0.05, 0) is 47.6 Å². The number of carbonyl (C=O) groups excluding carboxylic acids is 1. The molecule has 0 spiro atoms. The van der Waals surface area contributed by atoms with Crippen LogP contribution in [0.4, 0.5) is 0 Å². The standard InChI is InChI=1S/C19H23N3O3/c23-19(18-2-1-6-25-18)21-10-15-8-20-9-16-12-22(5-3-17(15)16)11-14-4-7-24-13-14/h1-2,6,8-9,14H,3-5,7,10-13H2,(H,21,23). The molecule has 0 saturated carbocycles. The highest BCUT2D eigenvalue weighted by molar-refractivity contribution is 5.91. The van der Waals surface area contributed by atoms with Crippen molar-refractivity contribution < 1.29 is 13.9 Å². The van der Waals surface area contributed by atoms with Gasteiger partial charge in [-0.1, -0.05) is 0 Å². The Bertz CT molecular complexity index is 724. The summed E-state index contributed by atoms with van der Waals surface area (Å²) in [6, 6.07) is 3.38. The molecule has 1 atom stereocenters. The summed E-state index contributed by atoms with van der Waals surface area (Å²) < 4.78 is 10.6. The number of carbonyl (C=O) groups is 1. The summed E-state index contributed by atoms with van der Waals surface area (Å²) in [6.07, 6.45) is 7.49. The molecule has 0 radical (unpaired) electrons. The second kappa shape index (κ2) is 7.37. The Balaban J connectivity index is 1.39. The van der Waals surface area contributed by atoms with Gasteiger partial charge in [0.1, 0.15) is 0 Å². The Kier molecular flexibility index (Phi) is 4.81. The number of ether oxygens (including phenoxy) is 1. The molecule has 1 N–H and O–H groups in total. The van der Waals surface area contributed by atoms with E-state index in [1.54, 1.807) is 12.1 Å². The Morgan fingerprint density at radius 1 is 1.40 bits per heavy atom. The molecule has 1 fully saturated rings. The smallest absolute Gasteiger partial charge is 0.287 e. The molecule has 2 aliphatic rings. The van der Waals surface area contributed by atoms with E-state index in [2.05, 4.69) is 15.2 Å². The van der Waals surface area contributed by atoms with Crippen LogP contribution in [0, 0.1) is 5.92 Å². The van der Waals surface area contributed by atoms with Crippen molar-refractivity contribution in [3.63, 3.8) is 0 Å². The molecule has 1 amide bonds. The van der Waals surface area contributed by atoms with E-state index in [-0.39, 0.29) is 5.91 Å². The number of fused-ring (bicyclic) bond motifs is 1. The zero-order chi connectivity index (χ0) is 17.1. The van der Waals surface area contributed by atoms with E-state index in [1.807, 2.05) is 12.4 Å². The fraction of sp³-hybridized carbons (Fsp3) is 0.474. The van der Waals surface area contributed by atoms with Crippen LogP contribution in [0.15, 0.2) is 35.2 Å². The minimum atomic E-state index is -0.193. The molecule has 6 heteroatoms. The summed E-state index contributed by atoms with van der Waals surface area (Å²) in [5, 5.41) is 2.92. The molecule has 0 aliphatic carbocycles. The van der Waals surface area contributed by atoms with Crippen molar-refractivity contribution in [3.05, 3.63) is 53.2 Å². The molecular formula is C19H23N3O3.